The van der Waals surface area contributed by atoms with Crippen molar-refractivity contribution in [3.63, 3.8) is 0 Å². The minimum atomic E-state index is -3.08. The Kier molecular flexibility index (Phi) is 5.81. The highest BCUT2D eigenvalue weighted by Crippen LogP contribution is 2.30. The van der Waals surface area contributed by atoms with E-state index in [1.165, 1.54) is 30.5 Å². The lowest BCUT2D eigenvalue weighted by molar-refractivity contribution is -0.117. The summed E-state index contributed by atoms with van der Waals surface area (Å²) in [5.41, 5.74) is 5.51. The number of aliphatic hydroxyl groups excluding tert-OH is 1. The van der Waals surface area contributed by atoms with Gasteiger partial charge in [0, 0.05) is 6.92 Å². The lowest BCUT2D eigenvalue weighted by Gasteiger charge is -2.15. The number of nitrogens with one attached hydrogen (secondary N) is 1. The van der Waals surface area contributed by atoms with Crippen LogP contribution >= 0.6 is 0 Å². The zero-order valence-corrected chi connectivity index (χ0v) is 13.5. The second-order valence-electron chi connectivity index (χ2n) is 5.31. The normalized spacial score (nSPS) is 11.2. The third kappa shape index (κ3) is 5.35. The summed E-state index contributed by atoms with van der Waals surface area (Å²) in [5.74, 6) is -3.20. The van der Waals surface area contributed by atoms with Gasteiger partial charge in [-0.05, 0) is 18.2 Å². The van der Waals surface area contributed by atoms with E-state index in [9.17, 15) is 13.6 Å². The first-order chi connectivity index (χ1) is 11.8. The van der Waals surface area contributed by atoms with Gasteiger partial charge in [-0.25, -0.2) is 4.98 Å². The van der Waals surface area contributed by atoms with Gasteiger partial charge in [0.2, 0.25) is 5.91 Å². The third-order valence-electron chi connectivity index (χ3n) is 3.09. The van der Waals surface area contributed by atoms with Crippen molar-refractivity contribution in [3.05, 3.63) is 41.9 Å². The summed E-state index contributed by atoms with van der Waals surface area (Å²) in [6.45, 7) is 0.566. The van der Waals surface area contributed by atoms with Crippen molar-refractivity contribution < 1.29 is 23.4 Å². The van der Waals surface area contributed by atoms with Crippen LogP contribution in [0.15, 0.2) is 30.5 Å². The number of pyridine rings is 2. The lowest BCUT2D eigenvalue weighted by Crippen LogP contribution is -2.15. The predicted molar refractivity (Wildman–Crippen MR) is 86.8 cm³/mol. The molecule has 0 atom stereocenters. The lowest BCUT2D eigenvalue weighted by atomic mass is 10.2. The smallest absolute Gasteiger partial charge is 0.287 e. The number of amides is 1. The van der Waals surface area contributed by atoms with Gasteiger partial charge in [0.15, 0.2) is 5.75 Å². The molecular weight excluding hydrogens is 334 g/mol. The number of halogens is 2. The van der Waals surface area contributed by atoms with Gasteiger partial charge in [0.25, 0.3) is 5.92 Å². The van der Waals surface area contributed by atoms with E-state index in [0.717, 1.165) is 6.92 Å². The third-order valence-corrected chi connectivity index (χ3v) is 3.09. The van der Waals surface area contributed by atoms with Crippen LogP contribution in [-0.4, -0.2) is 34.2 Å². The molecule has 134 valence electrons. The second kappa shape index (κ2) is 7.84. The summed E-state index contributed by atoms with van der Waals surface area (Å²) in [4.78, 5) is 19.0. The van der Waals surface area contributed by atoms with Crippen LogP contribution in [0, 0.1) is 0 Å². The number of hydrogen-bond acceptors (Lipinski definition) is 6. The minimum absolute atomic E-state index is 0.0199. The molecular formula is C16H18F2N4O3. The molecule has 7 nitrogen and oxygen atoms in total. The Hall–Kier alpha value is -2.81. The van der Waals surface area contributed by atoms with Gasteiger partial charge in [-0.2, -0.15) is 8.78 Å². The molecule has 0 bridgehead atoms. The summed E-state index contributed by atoms with van der Waals surface area (Å²) in [7, 11) is 0. The number of carbonyl (C=O) groups excluding carboxylic acids is 1. The van der Waals surface area contributed by atoms with Crippen LogP contribution in [0.4, 0.5) is 20.3 Å². The molecule has 2 aromatic rings. The van der Waals surface area contributed by atoms with E-state index in [1.807, 2.05) is 0 Å². The van der Waals surface area contributed by atoms with Crippen molar-refractivity contribution in [2.45, 2.75) is 19.3 Å². The molecule has 0 saturated carbocycles. The average molecular weight is 352 g/mol. The number of ether oxygens (including phenoxy) is 1. The van der Waals surface area contributed by atoms with E-state index >= 15 is 0 Å². The fourth-order valence-corrected chi connectivity index (χ4v) is 2.02. The molecule has 1 amide bonds. The number of primary amides is 1. The molecule has 2 heterocycles. The highest BCUT2D eigenvalue weighted by molar-refractivity contribution is 5.77. The van der Waals surface area contributed by atoms with E-state index in [0.29, 0.717) is 11.4 Å². The average Bonchev–Trinajstić information content (AvgIpc) is 2.53. The summed E-state index contributed by atoms with van der Waals surface area (Å²) >= 11 is 0. The van der Waals surface area contributed by atoms with Crippen LogP contribution in [0.1, 0.15) is 18.3 Å². The number of nitrogens with two attached hydrogens (primary N) is 1. The molecule has 25 heavy (non-hydrogen) atoms. The summed E-state index contributed by atoms with van der Waals surface area (Å²) in [5, 5.41) is 11.7. The molecule has 2 aromatic heterocycles. The highest BCUT2D eigenvalue weighted by atomic mass is 19.3. The molecule has 0 aliphatic carbocycles. The summed E-state index contributed by atoms with van der Waals surface area (Å²) in [6.07, 6.45) is 1.27. The molecule has 0 fully saturated rings. The Morgan fingerprint density at radius 1 is 1.44 bits per heavy atom. The van der Waals surface area contributed by atoms with Gasteiger partial charge in [0.05, 0.1) is 30.6 Å². The Morgan fingerprint density at radius 3 is 2.84 bits per heavy atom. The number of anilines is 2. The fourth-order valence-electron chi connectivity index (χ4n) is 2.02. The first-order valence-corrected chi connectivity index (χ1v) is 7.43. The second-order valence-corrected chi connectivity index (χ2v) is 5.31. The number of aliphatic hydroxyl groups is 1. The van der Waals surface area contributed by atoms with Crippen molar-refractivity contribution in [1.29, 1.82) is 0 Å². The fraction of sp³-hybridized carbons (Fsp3) is 0.312. The molecule has 0 aliphatic heterocycles. The molecule has 0 aliphatic rings. The van der Waals surface area contributed by atoms with Gasteiger partial charge < -0.3 is 20.9 Å². The summed E-state index contributed by atoms with van der Waals surface area (Å²) in [6, 6.07) is 5.69. The molecule has 0 saturated heterocycles. The monoisotopic (exact) mass is 352 g/mol. The van der Waals surface area contributed by atoms with Crippen LogP contribution in [-0.2, 0) is 17.1 Å². The van der Waals surface area contributed by atoms with Gasteiger partial charge in [0.1, 0.15) is 18.1 Å². The van der Waals surface area contributed by atoms with Crippen molar-refractivity contribution in [2.24, 2.45) is 5.73 Å². The van der Waals surface area contributed by atoms with Crippen LogP contribution < -0.4 is 15.8 Å². The van der Waals surface area contributed by atoms with Crippen LogP contribution in [0.3, 0.4) is 0 Å². The number of carbonyl (C=O) groups is 1. The van der Waals surface area contributed by atoms with Crippen LogP contribution in [0.5, 0.6) is 5.75 Å². The van der Waals surface area contributed by atoms with E-state index in [2.05, 4.69) is 15.3 Å². The molecule has 0 spiro atoms. The van der Waals surface area contributed by atoms with E-state index in [4.69, 9.17) is 15.6 Å². The Bertz CT molecular complexity index is 750. The Labute approximate surface area is 142 Å². The highest BCUT2D eigenvalue weighted by Gasteiger charge is 2.26. The number of nitrogens with zero attached hydrogens (tertiary/aromatic N) is 2. The maximum atomic E-state index is 13.4. The molecule has 0 unspecified atom stereocenters. The topological polar surface area (TPSA) is 110 Å². The first-order valence-electron chi connectivity index (χ1n) is 7.43. The molecule has 2 rings (SSSR count). The van der Waals surface area contributed by atoms with Crippen molar-refractivity contribution in [1.82, 2.24) is 9.97 Å². The largest absolute Gasteiger partial charge is 0.487 e. The SMILES string of the molecule is CC(F)(F)c1cccc(Nc2cc(CC(N)=O)ncc2OCCO)n1. The number of alkyl halides is 2. The quantitative estimate of drug-likeness (QED) is 0.667. The van der Waals surface area contributed by atoms with Crippen molar-refractivity contribution in [3.8, 4) is 5.75 Å². The van der Waals surface area contributed by atoms with Gasteiger partial charge in [-0.15, -0.1) is 0 Å². The van der Waals surface area contributed by atoms with E-state index in [-0.39, 0.29) is 36.9 Å². The van der Waals surface area contributed by atoms with E-state index < -0.39 is 11.8 Å². The zero-order valence-electron chi connectivity index (χ0n) is 13.5. The van der Waals surface area contributed by atoms with Gasteiger partial charge in [-0.1, -0.05) is 6.07 Å². The van der Waals surface area contributed by atoms with Crippen molar-refractivity contribution in [2.75, 3.05) is 18.5 Å². The standard InChI is InChI=1S/C16H18F2N4O3/c1-16(17,18)13-3-2-4-15(22-13)21-11-7-10(8-14(19)24)20-9-12(11)25-6-5-23/h2-4,7,9,23H,5-6,8H2,1H3,(H2,19,24)(H,20,21,22). The minimum Gasteiger partial charge on any atom is -0.487 e. The Morgan fingerprint density at radius 2 is 2.20 bits per heavy atom. The first kappa shape index (κ1) is 18.5. The number of hydrogen-bond donors (Lipinski definition) is 3. The van der Waals surface area contributed by atoms with Crippen LogP contribution in [0.2, 0.25) is 0 Å². The molecule has 9 heteroatoms. The molecule has 0 radical (unpaired) electrons. The number of aromatic nitrogens is 2. The maximum absolute atomic E-state index is 13.4. The van der Waals surface area contributed by atoms with Gasteiger partial charge >= 0.3 is 0 Å². The predicted octanol–water partition coefficient (Wildman–Crippen LogP) is 1.73. The van der Waals surface area contributed by atoms with Crippen molar-refractivity contribution >= 4 is 17.4 Å². The van der Waals surface area contributed by atoms with Crippen LogP contribution in [0.25, 0.3) is 0 Å². The summed E-state index contributed by atoms with van der Waals surface area (Å²) < 4.78 is 32.2. The molecule has 0 aromatic carbocycles. The Balaban J connectivity index is 2.33. The van der Waals surface area contributed by atoms with E-state index in [1.54, 1.807) is 0 Å². The van der Waals surface area contributed by atoms with Gasteiger partial charge in [-0.3, -0.25) is 9.78 Å². The maximum Gasteiger partial charge on any atom is 0.287 e. The zero-order chi connectivity index (χ0) is 18.4. The number of rotatable bonds is 8. The molecule has 4 N–H and O–H groups in total.